The fourth-order valence-electron chi connectivity index (χ4n) is 2.36. The second-order valence-electron chi connectivity index (χ2n) is 5.73. The van der Waals surface area contributed by atoms with E-state index in [0.717, 1.165) is 0 Å². The monoisotopic (exact) mass is 332 g/mol. The lowest BCUT2D eigenvalue weighted by Crippen LogP contribution is -2.41. The highest BCUT2D eigenvalue weighted by Crippen LogP contribution is 2.22. The Kier molecular flexibility index (Phi) is 3.57. The third-order valence-corrected chi connectivity index (χ3v) is 5.15. The molecule has 0 aliphatic rings. The first kappa shape index (κ1) is 15.4. The average molecular weight is 332 g/mol. The van der Waals surface area contributed by atoms with Gasteiger partial charge in [0, 0.05) is 6.20 Å². The number of pyridine rings is 1. The van der Waals surface area contributed by atoms with Crippen molar-refractivity contribution in [1.29, 1.82) is 0 Å². The van der Waals surface area contributed by atoms with E-state index in [1.165, 1.54) is 12.1 Å². The number of hydrogen-bond acceptors (Lipinski definition) is 4. The van der Waals surface area contributed by atoms with E-state index in [0.29, 0.717) is 16.7 Å². The summed E-state index contributed by atoms with van der Waals surface area (Å²) in [5.41, 5.74) is 0.350. The van der Waals surface area contributed by atoms with E-state index >= 15 is 0 Å². The molecule has 2 heterocycles. The van der Waals surface area contributed by atoms with E-state index in [4.69, 9.17) is 0 Å². The zero-order chi connectivity index (χ0) is 16.7. The molecule has 0 aliphatic heterocycles. The summed E-state index contributed by atoms with van der Waals surface area (Å²) in [6, 6.07) is 9.75. The number of H-pyrrole nitrogens is 2. The van der Waals surface area contributed by atoms with E-state index in [1.54, 1.807) is 44.3 Å². The van der Waals surface area contributed by atoms with Gasteiger partial charge in [0.15, 0.2) is 0 Å². The first-order valence-electron chi connectivity index (χ1n) is 6.95. The van der Waals surface area contributed by atoms with Crippen LogP contribution >= 0.6 is 0 Å². The lowest BCUT2D eigenvalue weighted by atomic mass is 10.0. The van der Waals surface area contributed by atoms with Gasteiger partial charge in [-0.3, -0.25) is 4.98 Å². The zero-order valence-electron chi connectivity index (χ0n) is 12.6. The molecule has 0 atom stereocenters. The molecule has 0 bridgehead atoms. The lowest BCUT2D eigenvalue weighted by molar-refractivity contribution is 0.460. The SMILES string of the molecule is CC(C)(NS(=O)(=O)c1ccc2[nH]c(=O)[nH]c2c1)c1ccccn1. The summed E-state index contributed by atoms with van der Waals surface area (Å²) in [6.45, 7) is 3.48. The highest BCUT2D eigenvalue weighted by atomic mass is 32.2. The van der Waals surface area contributed by atoms with Crippen LogP contribution in [0.15, 0.2) is 52.3 Å². The van der Waals surface area contributed by atoms with Crippen molar-refractivity contribution < 1.29 is 8.42 Å². The Labute approximate surface area is 132 Å². The first-order chi connectivity index (χ1) is 10.8. The molecule has 120 valence electrons. The molecule has 7 nitrogen and oxygen atoms in total. The number of nitrogens with one attached hydrogen (secondary N) is 3. The van der Waals surface area contributed by atoms with Crippen molar-refractivity contribution >= 4 is 21.1 Å². The maximum absolute atomic E-state index is 12.6. The molecular weight excluding hydrogens is 316 g/mol. The predicted molar refractivity (Wildman–Crippen MR) is 86.5 cm³/mol. The topological polar surface area (TPSA) is 108 Å². The number of aromatic amines is 2. The third kappa shape index (κ3) is 3.03. The molecule has 1 aromatic carbocycles. The van der Waals surface area contributed by atoms with Crippen LogP contribution in [0.4, 0.5) is 0 Å². The van der Waals surface area contributed by atoms with Crippen LogP contribution in [0.2, 0.25) is 0 Å². The highest BCUT2D eigenvalue weighted by Gasteiger charge is 2.29. The van der Waals surface area contributed by atoms with E-state index in [2.05, 4.69) is 19.7 Å². The van der Waals surface area contributed by atoms with E-state index in [9.17, 15) is 13.2 Å². The van der Waals surface area contributed by atoms with Gasteiger partial charge >= 0.3 is 5.69 Å². The van der Waals surface area contributed by atoms with E-state index < -0.39 is 15.6 Å². The Balaban J connectivity index is 1.98. The van der Waals surface area contributed by atoms with Gasteiger partial charge in [-0.1, -0.05) is 6.07 Å². The van der Waals surface area contributed by atoms with Crippen LogP contribution in [-0.4, -0.2) is 23.4 Å². The normalized spacial score (nSPS) is 12.6. The standard InChI is InChI=1S/C15H16N4O3S/c1-15(2,13-5-3-4-8-16-13)19-23(21,22)10-6-7-11-12(9-10)18-14(20)17-11/h3-9,19H,1-2H3,(H2,17,18,20). The van der Waals surface area contributed by atoms with Crippen LogP contribution in [0.1, 0.15) is 19.5 Å². The smallest absolute Gasteiger partial charge is 0.306 e. The number of rotatable bonds is 4. The molecule has 0 saturated heterocycles. The van der Waals surface area contributed by atoms with Gasteiger partial charge in [-0.25, -0.2) is 13.2 Å². The van der Waals surface area contributed by atoms with E-state index in [-0.39, 0.29) is 10.6 Å². The molecule has 0 spiro atoms. The lowest BCUT2D eigenvalue weighted by Gasteiger charge is -2.25. The van der Waals surface area contributed by atoms with Gasteiger partial charge in [0.25, 0.3) is 0 Å². The largest absolute Gasteiger partial charge is 0.323 e. The summed E-state index contributed by atoms with van der Waals surface area (Å²) in [5, 5.41) is 0. The zero-order valence-corrected chi connectivity index (χ0v) is 13.4. The summed E-state index contributed by atoms with van der Waals surface area (Å²) < 4.78 is 27.9. The van der Waals surface area contributed by atoms with Crippen molar-refractivity contribution in [2.75, 3.05) is 0 Å². The molecule has 0 unspecified atom stereocenters. The predicted octanol–water partition coefficient (Wildman–Crippen LogP) is 1.46. The van der Waals surface area contributed by atoms with Crippen molar-refractivity contribution in [2.24, 2.45) is 0 Å². The first-order valence-corrected chi connectivity index (χ1v) is 8.44. The molecular formula is C15H16N4O3S. The number of nitrogens with zero attached hydrogens (tertiary/aromatic N) is 1. The summed E-state index contributed by atoms with van der Waals surface area (Å²) in [5.74, 6) is 0. The summed E-state index contributed by atoms with van der Waals surface area (Å²) >= 11 is 0. The van der Waals surface area contributed by atoms with Gasteiger partial charge in [-0.15, -0.1) is 0 Å². The Morgan fingerprint density at radius 2 is 1.83 bits per heavy atom. The van der Waals surface area contributed by atoms with Gasteiger partial charge in [-0.2, -0.15) is 4.72 Å². The van der Waals surface area contributed by atoms with Crippen molar-refractivity contribution in [1.82, 2.24) is 19.7 Å². The fraction of sp³-hybridized carbons (Fsp3) is 0.200. The number of imidazole rings is 1. The number of hydrogen-bond donors (Lipinski definition) is 3. The maximum Gasteiger partial charge on any atom is 0.323 e. The summed E-state index contributed by atoms with van der Waals surface area (Å²) in [4.78, 5) is 20.7. The number of aromatic nitrogens is 3. The van der Waals surface area contributed by atoms with Crippen LogP contribution in [0.25, 0.3) is 11.0 Å². The molecule has 3 rings (SSSR count). The Morgan fingerprint density at radius 1 is 1.09 bits per heavy atom. The van der Waals surface area contributed by atoms with E-state index in [1.807, 2.05) is 0 Å². The summed E-state index contributed by atoms with van der Waals surface area (Å²) in [6.07, 6.45) is 1.61. The molecule has 0 fully saturated rings. The van der Waals surface area contributed by atoms with Crippen molar-refractivity contribution in [3.05, 3.63) is 58.8 Å². The van der Waals surface area contributed by atoms with Crippen LogP contribution in [0.5, 0.6) is 0 Å². The molecule has 0 aliphatic carbocycles. The van der Waals surface area contributed by atoms with Gasteiger partial charge in [0.2, 0.25) is 10.0 Å². The minimum absolute atomic E-state index is 0.0734. The molecule has 3 aromatic rings. The average Bonchev–Trinajstić information content (AvgIpc) is 2.86. The Morgan fingerprint density at radius 3 is 2.52 bits per heavy atom. The van der Waals surface area contributed by atoms with Gasteiger partial charge < -0.3 is 9.97 Å². The third-order valence-electron chi connectivity index (χ3n) is 3.49. The van der Waals surface area contributed by atoms with Crippen LogP contribution in [0.3, 0.4) is 0 Å². The molecule has 8 heteroatoms. The minimum Gasteiger partial charge on any atom is -0.306 e. The van der Waals surface area contributed by atoms with Crippen molar-refractivity contribution in [2.45, 2.75) is 24.3 Å². The van der Waals surface area contributed by atoms with Crippen molar-refractivity contribution in [3.63, 3.8) is 0 Å². The van der Waals surface area contributed by atoms with Crippen molar-refractivity contribution in [3.8, 4) is 0 Å². The quantitative estimate of drug-likeness (QED) is 0.672. The van der Waals surface area contributed by atoms with Gasteiger partial charge in [-0.05, 0) is 44.2 Å². The summed E-state index contributed by atoms with van der Waals surface area (Å²) in [7, 11) is -3.77. The Hall–Kier alpha value is -2.45. The van der Waals surface area contributed by atoms with Gasteiger partial charge in [0.05, 0.1) is 27.2 Å². The maximum atomic E-state index is 12.6. The molecule has 23 heavy (non-hydrogen) atoms. The number of sulfonamides is 1. The second kappa shape index (κ2) is 5.32. The van der Waals surface area contributed by atoms with Gasteiger partial charge in [0.1, 0.15) is 0 Å². The minimum atomic E-state index is -3.77. The van der Waals surface area contributed by atoms with Crippen LogP contribution in [0, 0.1) is 0 Å². The molecule has 2 aromatic heterocycles. The molecule has 0 radical (unpaired) electrons. The fourth-order valence-corrected chi connectivity index (χ4v) is 3.77. The number of benzene rings is 1. The van der Waals surface area contributed by atoms with Crippen LogP contribution in [-0.2, 0) is 15.6 Å². The molecule has 3 N–H and O–H groups in total. The van der Waals surface area contributed by atoms with Crippen LogP contribution < -0.4 is 10.4 Å². The Bertz CT molecular complexity index is 1000. The molecule has 0 amide bonds. The highest BCUT2D eigenvalue weighted by molar-refractivity contribution is 7.89. The molecule has 0 saturated carbocycles. The number of fused-ring (bicyclic) bond motifs is 1. The second-order valence-corrected chi connectivity index (χ2v) is 7.41.